The van der Waals surface area contributed by atoms with Gasteiger partial charge >= 0.3 is 6.01 Å². The Morgan fingerprint density at radius 2 is 2.00 bits per heavy atom. The Kier molecular flexibility index (Phi) is 8.55. The van der Waals surface area contributed by atoms with Crippen LogP contribution in [0.2, 0.25) is 5.02 Å². The van der Waals surface area contributed by atoms with Crippen molar-refractivity contribution in [2.75, 3.05) is 63.2 Å². The van der Waals surface area contributed by atoms with Gasteiger partial charge in [-0.15, -0.1) is 0 Å². The topological polar surface area (TPSA) is 88.8 Å². The number of halogens is 3. The summed E-state index contributed by atoms with van der Waals surface area (Å²) in [6.07, 6.45) is 2.79. The molecule has 1 atom stereocenters. The fraction of sp³-hybridized carbons (Fsp3) is 0.455. The monoisotopic (exact) mass is 635 g/mol. The Morgan fingerprint density at radius 3 is 2.71 bits per heavy atom. The molecule has 0 unspecified atom stereocenters. The van der Waals surface area contributed by atoms with Crippen molar-refractivity contribution in [3.63, 3.8) is 0 Å². The summed E-state index contributed by atoms with van der Waals surface area (Å²) >= 11 is 6.48. The molecule has 2 aliphatic heterocycles. The van der Waals surface area contributed by atoms with E-state index in [0.29, 0.717) is 50.4 Å². The molecule has 0 radical (unpaired) electrons. The molecule has 1 aromatic heterocycles. The summed E-state index contributed by atoms with van der Waals surface area (Å²) in [6.45, 7) is 6.53. The lowest BCUT2D eigenvalue weighted by Gasteiger charge is -2.42. The fourth-order valence-corrected chi connectivity index (χ4v) is 6.91. The van der Waals surface area contributed by atoms with Crippen molar-refractivity contribution < 1.29 is 18.3 Å². The largest absolute Gasteiger partial charge is 0.463 e. The maximum Gasteiger partial charge on any atom is 0.318 e. The Bertz CT molecular complexity index is 1690. The highest BCUT2D eigenvalue weighted by molar-refractivity contribution is 6.36. The molecule has 1 saturated carbocycles. The highest BCUT2D eigenvalue weighted by Gasteiger charge is 2.44. The normalized spacial score (nSPS) is 19.0. The number of nitrogens with zero attached hydrogens (tertiary/aromatic N) is 7. The predicted molar refractivity (Wildman–Crippen MR) is 170 cm³/mol. The van der Waals surface area contributed by atoms with Gasteiger partial charge in [-0.3, -0.25) is 4.79 Å². The second-order valence-electron chi connectivity index (χ2n) is 12.6. The molecular weight excluding hydrogens is 600 g/mol. The van der Waals surface area contributed by atoms with Crippen LogP contribution in [0.1, 0.15) is 30.5 Å². The lowest BCUT2D eigenvalue weighted by atomic mass is 10.0. The molecule has 6 rings (SSSR count). The molecular formula is C33H36ClF2N7O2. The molecule has 3 aromatic rings. The molecule has 12 heteroatoms. The number of hydrogen-bond donors (Lipinski definition) is 0. The standard InChI is InChI=1S/C33H36ClF2N7O2/c1-21(35)31(44)43-16-15-42(17-23(43)9-13-37)30-24-10-14-41(27-6-4-5-22-7-8-25(36)29(34)28(22)27)18-26(24)38-32(39-30)45-20-33(11-12-33)19-40(2)3/h4-8,23H,1,9-12,14-20H2,2-3H3/t23-/m0/s1. The van der Waals surface area contributed by atoms with Crippen LogP contribution in [0.3, 0.4) is 0 Å². The number of benzene rings is 2. The van der Waals surface area contributed by atoms with E-state index in [9.17, 15) is 18.8 Å². The van der Waals surface area contributed by atoms with Gasteiger partial charge in [0.05, 0.1) is 42.4 Å². The van der Waals surface area contributed by atoms with Crippen molar-refractivity contribution in [3.8, 4) is 12.1 Å². The van der Waals surface area contributed by atoms with Crippen LogP contribution in [0, 0.1) is 22.6 Å². The van der Waals surface area contributed by atoms with Crippen LogP contribution < -0.4 is 14.5 Å². The average molecular weight is 636 g/mol. The van der Waals surface area contributed by atoms with Crippen molar-refractivity contribution in [1.82, 2.24) is 19.8 Å². The van der Waals surface area contributed by atoms with Gasteiger partial charge in [0.2, 0.25) is 0 Å². The van der Waals surface area contributed by atoms with E-state index in [2.05, 4.69) is 22.4 Å². The summed E-state index contributed by atoms with van der Waals surface area (Å²) in [5, 5.41) is 11.1. The molecule has 0 N–H and O–H groups in total. The number of anilines is 2. The molecule has 3 heterocycles. The van der Waals surface area contributed by atoms with E-state index in [1.165, 1.54) is 11.0 Å². The van der Waals surface area contributed by atoms with Crippen LogP contribution in [0.4, 0.5) is 20.3 Å². The fourth-order valence-electron chi connectivity index (χ4n) is 6.64. The zero-order chi connectivity index (χ0) is 31.9. The summed E-state index contributed by atoms with van der Waals surface area (Å²) < 4.78 is 34.7. The van der Waals surface area contributed by atoms with Crippen LogP contribution >= 0.6 is 11.6 Å². The van der Waals surface area contributed by atoms with Gasteiger partial charge in [-0.1, -0.05) is 36.4 Å². The zero-order valence-electron chi connectivity index (χ0n) is 25.5. The van der Waals surface area contributed by atoms with Crippen molar-refractivity contribution in [2.24, 2.45) is 5.41 Å². The first-order chi connectivity index (χ1) is 21.6. The third-order valence-corrected chi connectivity index (χ3v) is 9.36. The number of carbonyl (C=O) groups excluding carboxylic acids is 1. The number of carbonyl (C=O) groups is 1. The summed E-state index contributed by atoms with van der Waals surface area (Å²) in [7, 11) is 4.10. The van der Waals surface area contributed by atoms with Crippen LogP contribution in [0.5, 0.6) is 6.01 Å². The van der Waals surface area contributed by atoms with Gasteiger partial charge in [-0.2, -0.15) is 15.2 Å². The molecule has 45 heavy (non-hydrogen) atoms. The smallest absolute Gasteiger partial charge is 0.318 e. The lowest BCUT2D eigenvalue weighted by molar-refractivity contribution is -0.131. The maximum atomic E-state index is 14.6. The molecule has 2 fully saturated rings. The zero-order valence-corrected chi connectivity index (χ0v) is 26.3. The molecule has 3 aliphatic rings. The second kappa shape index (κ2) is 12.4. The number of fused-ring (bicyclic) bond motifs is 2. The van der Waals surface area contributed by atoms with Gasteiger partial charge < -0.3 is 24.3 Å². The van der Waals surface area contributed by atoms with E-state index in [0.717, 1.165) is 41.7 Å². The van der Waals surface area contributed by atoms with Crippen molar-refractivity contribution in [2.45, 2.75) is 38.3 Å². The van der Waals surface area contributed by atoms with E-state index in [1.54, 1.807) is 6.07 Å². The number of amides is 1. The number of aromatic nitrogens is 2. The third-order valence-electron chi connectivity index (χ3n) is 8.99. The second-order valence-corrected chi connectivity index (χ2v) is 12.9. The van der Waals surface area contributed by atoms with Gasteiger partial charge in [0.1, 0.15) is 11.6 Å². The molecule has 1 saturated heterocycles. The number of ether oxygens (including phenoxy) is 1. The Morgan fingerprint density at radius 1 is 1.20 bits per heavy atom. The Labute approximate surface area is 266 Å². The van der Waals surface area contributed by atoms with E-state index in [4.69, 9.17) is 26.3 Å². The molecule has 1 amide bonds. The number of hydrogen-bond acceptors (Lipinski definition) is 8. The van der Waals surface area contributed by atoms with E-state index in [1.807, 2.05) is 37.2 Å². The molecule has 0 spiro atoms. The Hall–Kier alpha value is -4.01. The summed E-state index contributed by atoms with van der Waals surface area (Å²) in [5.41, 5.74) is 2.63. The highest BCUT2D eigenvalue weighted by Crippen LogP contribution is 2.46. The molecule has 2 aromatic carbocycles. The van der Waals surface area contributed by atoms with Crippen molar-refractivity contribution >= 4 is 39.8 Å². The maximum absolute atomic E-state index is 14.6. The van der Waals surface area contributed by atoms with E-state index < -0.39 is 23.6 Å². The van der Waals surface area contributed by atoms with Crippen molar-refractivity contribution in [1.29, 1.82) is 5.26 Å². The summed E-state index contributed by atoms with van der Waals surface area (Å²) in [6, 6.07) is 10.8. The minimum atomic E-state index is -1.04. The van der Waals surface area contributed by atoms with Crippen molar-refractivity contribution in [3.05, 3.63) is 64.8 Å². The SMILES string of the molecule is C=C(F)C(=O)N1CCN(c2nc(OCC3(CN(C)C)CC3)nc3c2CCN(c2cccc4ccc(F)c(Cl)c24)C3)C[C@@H]1CC#N. The summed E-state index contributed by atoms with van der Waals surface area (Å²) in [5.74, 6) is -1.60. The predicted octanol–water partition coefficient (Wildman–Crippen LogP) is 5.12. The number of rotatable bonds is 9. The first-order valence-electron chi connectivity index (χ1n) is 15.2. The lowest BCUT2D eigenvalue weighted by Crippen LogP contribution is -2.55. The molecule has 9 nitrogen and oxygen atoms in total. The van der Waals surface area contributed by atoms with Crippen LogP contribution in [-0.4, -0.2) is 85.1 Å². The highest BCUT2D eigenvalue weighted by atomic mass is 35.5. The van der Waals surface area contributed by atoms with Crippen LogP contribution in [0.25, 0.3) is 10.8 Å². The van der Waals surface area contributed by atoms with E-state index in [-0.39, 0.29) is 29.4 Å². The van der Waals surface area contributed by atoms with Crippen LogP contribution in [-0.2, 0) is 17.8 Å². The van der Waals surface area contributed by atoms with Gasteiger partial charge in [0.15, 0.2) is 5.83 Å². The first-order valence-corrected chi connectivity index (χ1v) is 15.5. The third kappa shape index (κ3) is 6.26. The average Bonchev–Trinajstić information content (AvgIpc) is 3.79. The van der Waals surface area contributed by atoms with Gasteiger partial charge in [-0.05, 0) is 50.9 Å². The number of piperazine rings is 1. The first kappa shape index (κ1) is 31.0. The van der Waals surface area contributed by atoms with Crippen LogP contribution in [0.15, 0.2) is 42.7 Å². The molecule has 236 valence electrons. The Balaban J connectivity index is 1.35. The van der Waals surface area contributed by atoms with Gasteiger partial charge in [-0.25, -0.2) is 8.78 Å². The number of nitriles is 1. The molecule has 1 aliphatic carbocycles. The van der Waals surface area contributed by atoms with Gasteiger partial charge in [0.25, 0.3) is 5.91 Å². The minimum absolute atomic E-state index is 0.0470. The summed E-state index contributed by atoms with van der Waals surface area (Å²) in [4.78, 5) is 30.1. The van der Waals surface area contributed by atoms with E-state index >= 15 is 0 Å². The minimum Gasteiger partial charge on any atom is -0.463 e. The van der Waals surface area contributed by atoms with Gasteiger partial charge in [0, 0.05) is 54.8 Å². The quantitative estimate of drug-likeness (QED) is 0.300. The molecule has 0 bridgehead atoms.